The molecule has 0 saturated carbocycles. The molecule has 1 aromatic rings. The van der Waals surface area contributed by atoms with Gasteiger partial charge in [-0.3, -0.25) is 0 Å². The van der Waals surface area contributed by atoms with Crippen LogP contribution in [0.15, 0.2) is 30.3 Å². The van der Waals surface area contributed by atoms with Crippen molar-refractivity contribution in [3.05, 3.63) is 35.9 Å². The number of carbonyl (C=O) groups is 1. The summed E-state index contributed by atoms with van der Waals surface area (Å²) in [6, 6.07) is 8.37. The smallest absolute Gasteiger partial charge is 0.424 e. The van der Waals surface area contributed by atoms with Crippen LogP contribution >= 0.6 is 0 Å². The van der Waals surface area contributed by atoms with Crippen LogP contribution in [0.25, 0.3) is 0 Å². The maximum absolute atomic E-state index is 11.7. The number of rotatable bonds is 1. The van der Waals surface area contributed by atoms with E-state index in [0.29, 0.717) is 0 Å². The molecule has 1 aliphatic heterocycles. The van der Waals surface area contributed by atoms with E-state index in [9.17, 15) is 13.2 Å². The molecule has 0 radical (unpaired) electrons. The average Bonchev–Trinajstić information content (AvgIpc) is 2.65. The second-order valence-electron chi connectivity index (χ2n) is 3.55. The van der Waals surface area contributed by atoms with Crippen molar-refractivity contribution in [2.45, 2.75) is 6.04 Å². The van der Waals surface area contributed by atoms with Gasteiger partial charge in [-0.05, 0) is 5.56 Å². The highest BCUT2D eigenvalue weighted by atomic mass is 32.2. The number of ether oxygens (including phenoxy) is 1. The van der Waals surface area contributed by atoms with Gasteiger partial charge in [0.1, 0.15) is 0 Å². The molecule has 0 aromatic heterocycles. The van der Waals surface area contributed by atoms with E-state index < -0.39 is 22.3 Å². The zero-order valence-corrected chi connectivity index (χ0v) is 9.98. The van der Waals surface area contributed by atoms with Crippen LogP contribution in [0.2, 0.25) is 0 Å². The Bertz CT molecular complexity index is 514. The van der Waals surface area contributed by atoms with Gasteiger partial charge in [0.2, 0.25) is 0 Å². The lowest BCUT2D eigenvalue weighted by atomic mass is 10.1. The molecule has 0 aliphatic carbocycles. The Morgan fingerprint density at radius 2 is 2.06 bits per heavy atom. The average molecular weight is 256 g/mol. The van der Waals surface area contributed by atoms with Gasteiger partial charge < -0.3 is 4.74 Å². The summed E-state index contributed by atoms with van der Waals surface area (Å²) in [4.78, 5) is 11.5. The Morgan fingerprint density at radius 1 is 1.41 bits per heavy atom. The third-order valence-electron chi connectivity index (χ3n) is 2.54. The second-order valence-corrected chi connectivity index (χ2v) is 5.18. The molecule has 1 saturated heterocycles. The highest BCUT2D eigenvalue weighted by molar-refractivity contribution is 7.87. The SMILES string of the molecule is COC(=O)N1[C@@H](c2ccccc2)CNS1(=O)=O. The van der Waals surface area contributed by atoms with Crippen LogP contribution in [0.1, 0.15) is 11.6 Å². The molecule has 6 nitrogen and oxygen atoms in total. The van der Waals surface area contributed by atoms with Crippen LogP contribution in [0, 0.1) is 0 Å². The zero-order valence-electron chi connectivity index (χ0n) is 9.16. The Labute approximate surface area is 99.4 Å². The van der Waals surface area contributed by atoms with Crippen molar-refractivity contribution in [3.63, 3.8) is 0 Å². The molecule has 7 heteroatoms. The van der Waals surface area contributed by atoms with E-state index >= 15 is 0 Å². The highest BCUT2D eigenvalue weighted by Gasteiger charge is 2.42. The van der Waals surface area contributed by atoms with E-state index in [4.69, 9.17) is 0 Å². The van der Waals surface area contributed by atoms with Crippen molar-refractivity contribution in [2.24, 2.45) is 0 Å². The van der Waals surface area contributed by atoms with Crippen LogP contribution in [-0.2, 0) is 14.9 Å². The predicted octanol–water partition coefficient (Wildman–Crippen LogP) is 0.644. The van der Waals surface area contributed by atoms with E-state index in [1.165, 1.54) is 0 Å². The molecular formula is C10H12N2O4S. The molecule has 1 atom stereocenters. The molecule has 0 unspecified atom stereocenters. The summed E-state index contributed by atoms with van der Waals surface area (Å²) in [6.07, 6.45) is -0.885. The number of hydrogen-bond donors (Lipinski definition) is 1. The van der Waals surface area contributed by atoms with Gasteiger partial charge in [-0.15, -0.1) is 0 Å². The minimum atomic E-state index is -3.79. The largest absolute Gasteiger partial charge is 0.452 e. The molecule has 1 amide bonds. The number of nitrogens with one attached hydrogen (secondary N) is 1. The van der Waals surface area contributed by atoms with Gasteiger partial charge in [-0.1, -0.05) is 30.3 Å². The molecule has 92 valence electrons. The lowest BCUT2D eigenvalue weighted by Crippen LogP contribution is -2.36. The first-order valence-corrected chi connectivity index (χ1v) is 6.42. The van der Waals surface area contributed by atoms with Gasteiger partial charge in [-0.2, -0.15) is 17.4 Å². The van der Waals surface area contributed by atoms with Crippen LogP contribution in [0.5, 0.6) is 0 Å². The molecule has 2 rings (SSSR count). The minimum absolute atomic E-state index is 0.154. The Kier molecular flexibility index (Phi) is 3.03. The lowest BCUT2D eigenvalue weighted by Gasteiger charge is -2.20. The van der Waals surface area contributed by atoms with Gasteiger partial charge in [0.05, 0.1) is 13.2 Å². The first-order chi connectivity index (χ1) is 8.06. The molecule has 1 fully saturated rings. The maximum Gasteiger partial charge on any atom is 0.424 e. The molecule has 1 aliphatic rings. The molecule has 1 N–H and O–H groups in total. The topological polar surface area (TPSA) is 75.7 Å². The summed E-state index contributed by atoms with van der Waals surface area (Å²) in [5.41, 5.74) is 0.742. The number of amides is 1. The summed E-state index contributed by atoms with van der Waals surface area (Å²) >= 11 is 0. The van der Waals surface area contributed by atoms with Crippen LogP contribution in [0.3, 0.4) is 0 Å². The van der Waals surface area contributed by atoms with Crippen molar-refractivity contribution in [1.82, 2.24) is 9.03 Å². The molecular weight excluding hydrogens is 244 g/mol. The normalized spacial score (nSPS) is 22.4. The fourth-order valence-electron chi connectivity index (χ4n) is 1.75. The summed E-state index contributed by atoms with van der Waals surface area (Å²) in [7, 11) is -2.64. The van der Waals surface area contributed by atoms with Gasteiger partial charge in [0.25, 0.3) is 0 Å². The number of nitrogens with zero attached hydrogens (tertiary/aromatic N) is 1. The third kappa shape index (κ3) is 2.11. The summed E-state index contributed by atoms with van der Waals surface area (Å²) in [5.74, 6) is 0. The standard InChI is InChI=1S/C10H12N2O4S/c1-16-10(13)12-9(7-11-17(12,14)15)8-5-3-2-4-6-8/h2-6,9,11H,7H2,1H3/t9-/m1/s1. The predicted molar refractivity (Wildman–Crippen MR) is 60.3 cm³/mol. The fourth-order valence-corrected chi connectivity index (χ4v) is 3.06. The van der Waals surface area contributed by atoms with Gasteiger partial charge in [-0.25, -0.2) is 4.79 Å². The summed E-state index contributed by atoms with van der Waals surface area (Å²) in [5, 5.41) is 0. The van der Waals surface area contributed by atoms with Crippen molar-refractivity contribution < 1.29 is 17.9 Å². The third-order valence-corrected chi connectivity index (χ3v) is 3.99. The molecule has 17 heavy (non-hydrogen) atoms. The first kappa shape index (κ1) is 11.9. The number of benzene rings is 1. The van der Waals surface area contributed by atoms with Gasteiger partial charge in [0.15, 0.2) is 0 Å². The molecule has 0 spiro atoms. The lowest BCUT2D eigenvalue weighted by molar-refractivity contribution is 0.142. The first-order valence-electron chi connectivity index (χ1n) is 4.98. The number of hydrogen-bond acceptors (Lipinski definition) is 4. The van der Waals surface area contributed by atoms with Gasteiger partial charge in [0, 0.05) is 6.54 Å². The summed E-state index contributed by atoms with van der Waals surface area (Å²) < 4.78 is 30.8. The van der Waals surface area contributed by atoms with Crippen molar-refractivity contribution >= 4 is 16.3 Å². The number of methoxy groups -OCH3 is 1. The second kappa shape index (κ2) is 4.34. The Hall–Kier alpha value is -1.60. The fraction of sp³-hybridized carbons (Fsp3) is 0.300. The van der Waals surface area contributed by atoms with E-state index in [2.05, 4.69) is 9.46 Å². The van der Waals surface area contributed by atoms with Crippen LogP contribution in [-0.4, -0.2) is 32.5 Å². The molecule has 0 bridgehead atoms. The quantitative estimate of drug-likeness (QED) is 0.800. The maximum atomic E-state index is 11.7. The highest BCUT2D eigenvalue weighted by Crippen LogP contribution is 2.28. The Balaban J connectivity index is 2.39. The van der Waals surface area contributed by atoms with Crippen LogP contribution in [0.4, 0.5) is 4.79 Å². The van der Waals surface area contributed by atoms with Crippen molar-refractivity contribution in [1.29, 1.82) is 0 Å². The Morgan fingerprint density at radius 3 is 2.65 bits per heavy atom. The van der Waals surface area contributed by atoms with Crippen molar-refractivity contribution in [2.75, 3.05) is 13.7 Å². The van der Waals surface area contributed by atoms with E-state index in [1.54, 1.807) is 24.3 Å². The van der Waals surface area contributed by atoms with E-state index in [-0.39, 0.29) is 6.54 Å². The minimum Gasteiger partial charge on any atom is -0.452 e. The summed E-state index contributed by atoms with van der Waals surface area (Å²) in [6.45, 7) is 0.154. The molecule has 1 aromatic carbocycles. The van der Waals surface area contributed by atoms with E-state index in [0.717, 1.165) is 17.0 Å². The number of carbonyl (C=O) groups excluding carboxylic acids is 1. The zero-order chi connectivity index (χ0) is 12.5. The molecule has 1 heterocycles. The monoisotopic (exact) mass is 256 g/mol. The van der Waals surface area contributed by atoms with Gasteiger partial charge >= 0.3 is 16.3 Å². The van der Waals surface area contributed by atoms with Crippen molar-refractivity contribution in [3.8, 4) is 0 Å². The van der Waals surface area contributed by atoms with Crippen LogP contribution < -0.4 is 4.72 Å². The van der Waals surface area contributed by atoms with E-state index in [1.807, 2.05) is 6.07 Å².